The minimum atomic E-state index is 0.652. The molecule has 1 heterocycles. The summed E-state index contributed by atoms with van der Waals surface area (Å²) in [5, 5.41) is 9.77. The largest absolute Gasteiger partial charge is 0.208 e. The smallest absolute Gasteiger partial charge is 0.165 e. The summed E-state index contributed by atoms with van der Waals surface area (Å²) < 4.78 is 0. The van der Waals surface area contributed by atoms with Gasteiger partial charge in [0.25, 0.3) is 0 Å². The van der Waals surface area contributed by atoms with Gasteiger partial charge in [0, 0.05) is 16.7 Å². The van der Waals surface area contributed by atoms with Gasteiger partial charge in [0.2, 0.25) is 0 Å². The molecule has 0 aliphatic heterocycles. The van der Waals surface area contributed by atoms with Crippen molar-refractivity contribution in [3.63, 3.8) is 0 Å². The van der Waals surface area contributed by atoms with E-state index in [0.717, 1.165) is 38.6 Å². The van der Waals surface area contributed by atoms with Crippen LogP contribution in [0.15, 0.2) is 164 Å². The van der Waals surface area contributed by atoms with Gasteiger partial charge in [0.15, 0.2) is 17.5 Å². The highest BCUT2D eigenvalue weighted by Crippen LogP contribution is 2.41. The van der Waals surface area contributed by atoms with E-state index >= 15 is 0 Å². The van der Waals surface area contributed by atoms with Crippen LogP contribution in [0.3, 0.4) is 0 Å². The highest BCUT2D eigenvalue weighted by Gasteiger charge is 2.19. The first-order chi connectivity index (χ1) is 22.8. The Bertz CT molecular complexity index is 2480. The van der Waals surface area contributed by atoms with Crippen molar-refractivity contribution in [1.82, 2.24) is 15.0 Å². The third kappa shape index (κ3) is 4.33. The van der Waals surface area contributed by atoms with Crippen LogP contribution in [0.5, 0.6) is 0 Å². The fourth-order valence-corrected chi connectivity index (χ4v) is 6.75. The molecule has 9 rings (SSSR count). The quantitative estimate of drug-likeness (QED) is 0.193. The fraction of sp³-hybridized carbons (Fsp3) is 0. The summed E-state index contributed by atoms with van der Waals surface area (Å²) in [6.07, 6.45) is 0. The maximum absolute atomic E-state index is 5.17. The second-order valence-electron chi connectivity index (χ2n) is 11.6. The average molecular weight is 586 g/mol. The van der Waals surface area contributed by atoms with Crippen LogP contribution in [0.25, 0.3) is 88.4 Å². The summed E-state index contributed by atoms with van der Waals surface area (Å²) in [5.74, 6) is 1.96. The molecule has 0 atom stereocenters. The molecule has 1 aromatic heterocycles. The monoisotopic (exact) mass is 585 g/mol. The summed E-state index contributed by atoms with van der Waals surface area (Å²) >= 11 is 0. The van der Waals surface area contributed by atoms with Gasteiger partial charge in [0.1, 0.15) is 0 Å². The van der Waals surface area contributed by atoms with E-state index in [1.807, 2.05) is 36.4 Å². The van der Waals surface area contributed by atoms with Crippen LogP contribution in [0, 0.1) is 0 Å². The van der Waals surface area contributed by atoms with Gasteiger partial charge in [0.05, 0.1) is 0 Å². The number of nitrogens with zero attached hydrogens (tertiary/aromatic N) is 3. The molecule has 46 heavy (non-hydrogen) atoms. The van der Waals surface area contributed by atoms with Crippen molar-refractivity contribution >= 4 is 43.1 Å². The second-order valence-corrected chi connectivity index (χ2v) is 11.6. The van der Waals surface area contributed by atoms with Crippen molar-refractivity contribution < 1.29 is 0 Å². The summed E-state index contributed by atoms with van der Waals surface area (Å²) in [4.78, 5) is 15.3. The van der Waals surface area contributed by atoms with Crippen molar-refractivity contribution in [2.45, 2.75) is 0 Å². The maximum Gasteiger partial charge on any atom is 0.165 e. The number of rotatable bonds is 4. The predicted octanol–water partition coefficient (Wildman–Crippen LogP) is 11.2. The molecule has 0 saturated carbocycles. The fourth-order valence-electron chi connectivity index (χ4n) is 6.75. The molecule has 0 unspecified atom stereocenters. The van der Waals surface area contributed by atoms with Crippen molar-refractivity contribution in [3.8, 4) is 45.3 Å². The molecule has 8 aromatic carbocycles. The first-order valence-electron chi connectivity index (χ1n) is 15.5. The number of hydrogen-bond acceptors (Lipinski definition) is 3. The van der Waals surface area contributed by atoms with E-state index in [-0.39, 0.29) is 0 Å². The molecule has 3 nitrogen and oxygen atoms in total. The Morgan fingerprint density at radius 2 is 0.739 bits per heavy atom. The topological polar surface area (TPSA) is 38.7 Å². The Kier molecular flexibility index (Phi) is 6.14. The highest BCUT2D eigenvalue weighted by atomic mass is 15.0. The van der Waals surface area contributed by atoms with Gasteiger partial charge >= 0.3 is 0 Å². The molecule has 0 saturated heterocycles. The predicted molar refractivity (Wildman–Crippen MR) is 192 cm³/mol. The molecule has 0 N–H and O–H groups in total. The Hall–Kier alpha value is -6.19. The number of hydrogen-bond donors (Lipinski definition) is 0. The van der Waals surface area contributed by atoms with Gasteiger partial charge in [-0.3, -0.25) is 0 Å². The summed E-state index contributed by atoms with van der Waals surface area (Å²) in [6.45, 7) is 0. The second kappa shape index (κ2) is 10.8. The molecule has 0 aliphatic carbocycles. The molecule has 0 bridgehead atoms. The van der Waals surface area contributed by atoms with Gasteiger partial charge in [-0.1, -0.05) is 158 Å². The maximum atomic E-state index is 5.17. The number of fused-ring (bicyclic) bond motifs is 7. The molecule has 3 heteroatoms. The average Bonchev–Trinajstić information content (AvgIpc) is 3.15. The normalized spacial score (nSPS) is 11.5. The molecule has 0 aliphatic rings. The van der Waals surface area contributed by atoms with Crippen LogP contribution >= 0.6 is 0 Å². The Morgan fingerprint density at radius 1 is 0.283 bits per heavy atom. The zero-order valence-electron chi connectivity index (χ0n) is 24.9. The molecule has 0 amide bonds. The molecular formula is C43H27N3. The summed E-state index contributed by atoms with van der Waals surface area (Å²) in [5.41, 5.74) is 5.11. The van der Waals surface area contributed by atoms with Crippen molar-refractivity contribution in [2.75, 3.05) is 0 Å². The molecular weight excluding hydrogens is 558 g/mol. The molecule has 214 valence electrons. The first-order valence-corrected chi connectivity index (χ1v) is 15.5. The van der Waals surface area contributed by atoms with Gasteiger partial charge in [-0.05, 0) is 60.3 Å². The van der Waals surface area contributed by atoms with Crippen LogP contribution in [0.2, 0.25) is 0 Å². The van der Waals surface area contributed by atoms with Crippen molar-refractivity contribution in [1.29, 1.82) is 0 Å². The third-order valence-electron chi connectivity index (χ3n) is 8.91. The van der Waals surface area contributed by atoms with E-state index in [1.54, 1.807) is 0 Å². The lowest BCUT2D eigenvalue weighted by Gasteiger charge is -2.16. The lowest BCUT2D eigenvalue weighted by molar-refractivity contribution is 1.08. The van der Waals surface area contributed by atoms with Crippen LogP contribution in [-0.4, -0.2) is 15.0 Å². The zero-order chi connectivity index (χ0) is 30.5. The van der Waals surface area contributed by atoms with Gasteiger partial charge < -0.3 is 0 Å². The van der Waals surface area contributed by atoms with Crippen LogP contribution < -0.4 is 0 Å². The van der Waals surface area contributed by atoms with Gasteiger partial charge in [-0.25, -0.2) is 15.0 Å². The van der Waals surface area contributed by atoms with E-state index in [2.05, 4.69) is 127 Å². The van der Waals surface area contributed by atoms with Crippen LogP contribution in [0.1, 0.15) is 0 Å². The lowest BCUT2D eigenvalue weighted by atomic mass is 9.89. The molecule has 0 spiro atoms. The zero-order valence-corrected chi connectivity index (χ0v) is 24.9. The summed E-state index contributed by atoms with van der Waals surface area (Å²) in [7, 11) is 0. The Balaban J connectivity index is 1.35. The molecule has 0 fully saturated rings. The van der Waals surface area contributed by atoms with Crippen LogP contribution in [-0.2, 0) is 0 Å². The van der Waals surface area contributed by atoms with Gasteiger partial charge in [-0.2, -0.15) is 0 Å². The third-order valence-corrected chi connectivity index (χ3v) is 8.91. The first kappa shape index (κ1) is 26.2. The van der Waals surface area contributed by atoms with E-state index in [0.29, 0.717) is 17.5 Å². The minimum Gasteiger partial charge on any atom is -0.208 e. The van der Waals surface area contributed by atoms with E-state index in [1.165, 1.54) is 32.3 Å². The van der Waals surface area contributed by atoms with Crippen molar-refractivity contribution in [2.24, 2.45) is 0 Å². The van der Waals surface area contributed by atoms with Crippen LogP contribution in [0.4, 0.5) is 0 Å². The Morgan fingerprint density at radius 3 is 1.33 bits per heavy atom. The van der Waals surface area contributed by atoms with E-state index in [9.17, 15) is 0 Å². The van der Waals surface area contributed by atoms with Crippen molar-refractivity contribution in [3.05, 3.63) is 164 Å². The lowest BCUT2D eigenvalue weighted by Crippen LogP contribution is -2.01. The number of benzene rings is 8. The molecule has 9 aromatic rings. The van der Waals surface area contributed by atoms with Gasteiger partial charge in [-0.15, -0.1) is 0 Å². The van der Waals surface area contributed by atoms with E-state index in [4.69, 9.17) is 15.0 Å². The SMILES string of the molecule is c1ccc(-c2nc(-c3ccccc3)nc(-c3c(-c4ccc5c6ccccc6c6ccccc6c5c4)ccc4ccccc34)n2)cc1. The number of aromatic nitrogens is 3. The Labute approximate surface area is 266 Å². The standard InChI is InChI=1S/C43H27N3/c1-3-14-29(15-4-1)41-44-42(30-16-5-2-6-17-30)46-43(45-41)40-32-18-8-7-13-28(32)23-25-33(40)31-24-26-38-36-21-10-9-19-34(36)35-20-11-12-22-37(35)39(38)27-31/h1-27H. The minimum absolute atomic E-state index is 0.652. The summed E-state index contributed by atoms with van der Waals surface area (Å²) in [6, 6.07) is 57.5. The highest BCUT2D eigenvalue weighted by molar-refractivity contribution is 6.26. The van der Waals surface area contributed by atoms with E-state index < -0.39 is 0 Å². The molecule has 0 radical (unpaired) electrons.